The summed E-state index contributed by atoms with van der Waals surface area (Å²) in [6.07, 6.45) is 5.48. The van der Waals surface area contributed by atoms with Gasteiger partial charge in [0, 0.05) is 50.6 Å². The Morgan fingerprint density at radius 1 is 1.46 bits per heavy atom. The third-order valence-corrected chi connectivity index (χ3v) is 6.30. The Labute approximate surface area is 182 Å². The first-order valence-corrected chi connectivity index (χ1v) is 10.9. The quantitative estimate of drug-likeness (QED) is 0.289. The summed E-state index contributed by atoms with van der Waals surface area (Å²) in [7, 11) is 2.38. The number of rotatable bonds is 8. The molecule has 0 atom stereocenters. The fourth-order valence-electron chi connectivity index (χ4n) is 2.74. The summed E-state index contributed by atoms with van der Waals surface area (Å²) in [6.45, 7) is 1.57. The first-order valence-electron chi connectivity index (χ1n) is 8.50. The molecule has 0 aromatic carbocycles. The zero-order valence-corrected chi connectivity index (χ0v) is 20.3. The molecule has 0 saturated heterocycles. The molecule has 0 aliphatic heterocycles. The van der Waals surface area contributed by atoms with Crippen LogP contribution in [0, 0.1) is 5.92 Å². The van der Waals surface area contributed by atoms with E-state index in [1.54, 1.807) is 7.05 Å². The molecule has 0 amide bonds. The Kier molecular flexibility index (Phi) is 9.91. The van der Waals surface area contributed by atoms with Crippen LogP contribution in [0.1, 0.15) is 25.0 Å². The van der Waals surface area contributed by atoms with Crippen LogP contribution in [0.25, 0.3) is 0 Å². The number of nitrogens with one attached hydrogen (secondary N) is 2. The van der Waals surface area contributed by atoms with Gasteiger partial charge in [-0.3, -0.25) is 4.99 Å². The molecule has 0 radical (unpaired) electrons. The van der Waals surface area contributed by atoms with E-state index in [0.717, 1.165) is 23.0 Å². The van der Waals surface area contributed by atoms with Gasteiger partial charge in [0.25, 0.3) is 0 Å². The molecule has 0 bridgehead atoms. The number of aromatic nitrogens is 1. The highest BCUT2D eigenvalue weighted by atomic mass is 127. The lowest BCUT2D eigenvalue weighted by Gasteiger charge is -2.25. The van der Waals surface area contributed by atoms with Crippen molar-refractivity contribution in [1.29, 1.82) is 0 Å². The molecular weight excluding hydrogens is 533 g/mol. The standard InChI is InChI=1S/C16H28BrN5O2S.HI/c1-18-16(22(3)12-15-9-14(17)11-21(15)2)19-7-8-25(23,24)20-10-13-5-4-6-13;/h9,11,13,20H,4-8,10,12H2,1-3H3,(H,18,19);1H. The second kappa shape index (κ2) is 10.9. The molecule has 1 aromatic heterocycles. The summed E-state index contributed by atoms with van der Waals surface area (Å²) in [4.78, 5) is 6.20. The van der Waals surface area contributed by atoms with Crippen molar-refractivity contribution in [2.24, 2.45) is 18.0 Å². The maximum absolute atomic E-state index is 12.0. The van der Waals surface area contributed by atoms with E-state index < -0.39 is 10.0 Å². The third kappa shape index (κ3) is 7.35. The van der Waals surface area contributed by atoms with Crippen LogP contribution in [0.3, 0.4) is 0 Å². The molecule has 1 aliphatic carbocycles. The number of hydrogen-bond acceptors (Lipinski definition) is 3. The van der Waals surface area contributed by atoms with Gasteiger partial charge in [-0.15, -0.1) is 24.0 Å². The Morgan fingerprint density at radius 2 is 2.15 bits per heavy atom. The van der Waals surface area contributed by atoms with Crippen LogP contribution in [0.4, 0.5) is 0 Å². The maximum Gasteiger partial charge on any atom is 0.213 e. The second-order valence-electron chi connectivity index (χ2n) is 6.55. The molecule has 10 heteroatoms. The van der Waals surface area contributed by atoms with Crippen LogP contribution in [0.15, 0.2) is 21.7 Å². The van der Waals surface area contributed by atoms with Crippen LogP contribution >= 0.6 is 39.9 Å². The highest BCUT2D eigenvalue weighted by molar-refractivity contribution is 14.0. The third-order valence-electron chi connectivity index (χ3n) is 4.52. The van der Waals surface area contributed by atoms with Crippen LogP contribution in [-0.2, 0) is 23.6 Å². The lowest BCUT2D eigenvalue weighted by molar-refractivity contribution is 0.316. The predicted molar refractivity (Wildman–Crippen MR) is 120 cm³/mol. The molecule has 1 aliphatic rings. The lowest BCUT2D eigenvalue weighted by atomic mass is 9.86. The number of aliphatic imine (C=N–C) groups is 1. The molecule has 2 N–H and O–H groups in total. The monoisotopic (exact) mass is 561 g/mol. The van der Waals surface area contributed by atoms with Gasteiger partial charge >= 0.3 is 0 Å². The van der Waals surface area contributed by atoms with Crippen molar-refractivity contribution in [3.63, 3.8) is 0 Å². The fourth-order valence-corrected chi connectivity index (χ4v) is 4.31. The van der Waals surface area contributed by atoms with Crippen LogP contribution in [0.2, 0.25) is 0 Å². The topological polar surface area (TPSA) is 78.7 Å². The molecule has 1 aromatic rings. The van der Waals surface area contributed by atoms with E-state index in [0.29, 0.717) is 31.5 Å². The Balaban J connectivity index is 0.00000338. The lowest BCUT2D eigenvalue weighted by Crippen LogP contribution is -2.42. The average Bonchev–Trinajstić information content (AvgIpc) is 2.79. The number of halogens is 2. The van der Waals surface area contributed by atoms with Gasteiger partial charge in [-0.2, -0.15) is 0 Å². The predicted octanol–water partition coefficient (Wildman–Crippen LogP) is 2.13. The van der Waals surface area contributed by atoms with E-state index in [2.05, 4.69) is 37.0 Å². The van der Waals surface area contributed by atoms with Gasteiger partial charge in [0.15, 0.2) is 5.96 Å². The SMILES string of the molecule is CN=C(NCCS(=O)(=O)NCC1CCC1)N(C)Cc1cc(Br)cn1C.I. The van der Waals surface area contributed by atoms with Gasteiger partial charge in [-0.25, -0.2) is 13.1 Å². The average molecular weight is 562 g/mol. The smallest absolute Gasteiger partial charge is 0.213 e. The van der Waals surface area contributed by atoms with Gasteiger partial charge in [-0.1, -0.05) is 6.42 Å². The van der Waals surface area contributed by atoms with Gasteiger partial charge < -0.3 is 14.8 Å². The molecule has 1 fully saturated rings. The van der Waals surface area contributed by atoms with Crippen LogP contribution < -0.4 is 10.0 Å². The minimum Gasteiger partial charge on any atom is -0.355 e. The molecule has 0 unspecified atom stereocenters. The minimum absolute atomic E-state index is 0. The van der Waals surface area contributed by atoms with Crippen molar-refractivity contribution in [2.45, 2.75) is 25.8 Å². The minimum atomic E-state index is -3.24. The number of hydrogen-bond donors (Lipinski definition) is 2. The van der Waals surface area contributed by atoms with E-state index in [-0.39, 0.29) is 29.7 Å². The van der Waals surface area contributed by atoms with E-state index in [4.69, 9.17) is 0 Å². The van der Waals surface area contributed by atoms with Gasteiger partial charge in [0.2, 0.25) is 10.0 Å². The highest BCUT2D eigenvalue weighted by Crippen LogP contribution is 2.25. The first-order chi connectivity index (χ1) is 11.8. The zero-order valence-electron chi connectivity index (χ0n) is 15.5. The zero-order chi connectivity index (χ0) is 18.4. The molecule has 150 valence electrons. The van der Waals surface area contributed by atoms with Gasteiger partial charge in [0.05, 0.1) is 12.3 Å². The van der Waals surface area contributed by atoms with Gasteiger partial charge in [-0.05, 0) is 40.8 Å². The maximum atomic E-state index is 12.0. The second-order valence-corrected chi connectivity index (χ2v) is 9.40. The molecule has 1 saturated carbocycles. The molecular formula is C16H29BrIN5O2S. The molecule has 0 spiro atoms. The van der Waals surface area contributed by atoms with E-state index in [9.17, 15) is 8.42 Å². The Hall–Kier alpha value is -0.330. The first kappa shape index (κ1) is 23.7. The van der Waals surface area contributed by atoms with E-state index >= 15 is 0 Å². The van der Waals surface area contributed by atoms with E-state index in [1.807, 2.05) is 29.8 Å². The van der Waals surface area contributed by atoms with Crippen molar-refractivity contribution in [2.75, 3.05) is 32.9 Å². The summed E-state index contributed by atoms with van der Waals surface area (Å²) in [5.74, 6) is 1.24. The van der Waals surface area contributed by atoms with Crippen molar-refractivity contribution < 1.29 is 8.42 Å². The summed E-state index contributed by atoms with van der Waals surface area (Å²) in [5, 5.41) is 3.12. The molecule has 26 heavy (non-hydrogen) atoms. The largest absolute Gasteiger partial charge is 0.355 e. The van der Waals surface area contributed by atoms with Crippen molar-refractivity contribution in [3.8, 4) is 0 Å². The number of sulfonamides is 1. The van der Waals surface area contributed by atoms with Crippen LogP contribution in [-0.4, -0.2) is 56.8 Å². The normalized spacial score (nSPS) is 15.3. The Bertz CT molecular complexity index is 703. The highest BCUT2D eigenvalue weighted by Gasteiger charge is 2.20. The number of guanidine groups is 1. The van der Waals surface area contributed by atoms with E-state index in [1.165, 1.54) is 6.42 Å². The number of nitrogens with zero attached hydrogens (tertiary/aromatic N) is 3. The van der Waals surface area contributed by atoms with Crippen molar-refractivity contribution in [1.82, 2.24) is 19.5 Å². The summed E-state index contributed by atoms with van der Waals surface area (Å²) < 4.78 is 29.9. The molecule has 7 nitrogen and oxygen atoms in total. The van der Waals surface area contributed by atoms with Crippen molar-refractivity contribution >= 4 is 55.9 Å². The molecule has 2 rings (SSSR count). The van der Waals surface area contributed by atoms with Crippen molar-refractivity contribution in [3.05, 3.63) is 22.4 Å². The fraction of sp³-hybridized carbons (Fsp3) is 0.688. The summed E-state index contributed by atoms with van der Waals surface area (Å²) in [6, 6.07) is 2.05. The summed E-state index contributed by atoms with van der Waals surface area (Å²) >= 11 is 3.47. The Morgan fingerprint density at radius 3 is 2.65 bits per heavy atom. The van der Waals surface area contributed by atoms with Crippen LogP contribution in [0.5, 0.6) is 0 Å². The molecule has 1 heterocycles. The summed E-state index contributed by atoms with van der Waals surface area (Å²) in [5.41, 5.74) is 1.13. The number of aryl methyl sites for hydroxylation is 1. The van der Waals surface area contributed by atoms with Gasteiger partial charge in [0.1, 0.15) is 0 Å².